The van der Waals surface area contributed by atoms with Crippen molar-refractivity contribution in [3.8, 4) is 11.3 Å². The van der Waals surface area contributed by atoms with Gasteiger partial charge in [-0.3, -0.25) is 4.98 Å². The highest BCUT2D eigenvalue weighted by Gasteiger charge is 2.13. The lowest BCUT2D eigenvalue weighted by Crippen LogP contribution is -1.88. The summed E-state index contributed by atoms with van der Waals surface area (Å²) in [6, 6.07) is 21.1. The van der Waals surface area contributed by atoms with E-state index < -0.39 is 0 Å². The van der Waals surface area contributed by atoms with Gasteiger partial charge in [-0.15, -0.1) is 0 Å². The first-order valence-corrected chi connectivity index (χ1v) is 8.48. The maximum atomic E-state index is 6.18. The van der Waals surface area contributed by atoms with Gasteiger partial charge >= 0.3 is 0 Å². The Hall–Kier alpha value is -3.13. The summed E-state index contributed by atoms with van der Waals surface area (Å²) in [6.07, 6.45) is 1.88. The number of furan rings is 1. The Labute approximate surface area is 145 Å². The Kier molecular flexibility index (Phi) is 2.95. The number of rotatable bonds is 1. The summed E-state index contributed by atoms with van der Waals surface area (Å²) in [6.45, 7) is 4.25. The fourth-order valence-corrected chi connectivity index (χ4v) is 3.78. The van der Waals surface area contributed by atoms with Gasteiger partial charge in [0, 0.05) is 33.3 Å². The minimum atomic E-state index is 0.926. The van der Waals surface area contributed by atoms with Crippen LogP contribution in [0.4, 0.5) is 0 Å². The fourth-order valence-electron chi connectivity index (χ4n) is 3.78. The molecule has 0 aliphatic heterocycles. The van der Waals surface area contributed by atoms with Crippen LogP contribution in [-0.4, -0.2) is 4.98 Å². The van der Waals surface area contributed by atoms with Crippen molar-refractivity contribution in [3.05, 3.63) is 78.0 Å². The molecule has 5 rings (SSSR count). The predicted octanol–water partition coefficient (Wildman–Crippen LogP) is 6.42. The minimum Gasteiger partial charge on any atom is -0.455 e. The molecule has 0 atom stereocenters. The van der Waals surface area contributed by atoms with E-state index in [2.05, 4.69) is 61.3 Å². The summed E-state index contributed by atoms with van der Waals surface area (Å²) in [4.78, 5) is 4.68. The fraction of sp³-hybridized carbons (Fsp3) is 0.0870. The van der Waals surface area contributed by atoms with Gasteiger partial charge in [-0.05, 0) is 44.2 Å². The van der Waals surface area contributed by atoms with Crippen LogP contribution in [0.1, 0.15) is 11.1 Å². The lowest BCUT2D eigenvalue weighted by atomic mass is 9.99. The van der Waals surface area contributed by atoms with Gasteiger partial charge in [0.1, 0.15) is 11.2 Å². The smallest absolute Gasteiger partial charge is 0.143 e. The van der Waals surface area contributed by atoms with E-state index in [0.717, 1.165) is 44.0 Å². The van der Waals surface area contributed by atoms with Crippen LogP contribution in [0.5, 0.6) is 0 Å². The Bertz CT molecular complexity index is 1240. The van der Waals surface area contributed by atoms with Crippen LogP contribution < -0.4 is 0 Å². The standard InChI is InChI=1S/C23H17NO/c1-14-11-15(2)13-16(12-14)22-18-7-8-19-17-5-3-4-6-21(17)25-23(19)20(18)9-10-24-22/h3-13H,1-2H3. The molecule has 2 heterocycles. The first kappa shape index (κ1) is 14.2. The van der Waals surface area contributed by atoms with E-state index in [9.17, 15) is 0 Å². The summed E-state index contributed by atoms with van der Waals surface area (Å²) in [5, 5.41) is 4.54. The van der Waals surface area contributed by atoms with Crippen molar-refractivity contribution in [2.75, 3.05) is 0 Å². The van der Waals surface area contributed by atoms with Gasteiger partial charge in [0.25, 0.3) is 0 Å². The maximum Gasteiger partial charge on any atom is 0.143 e. The quantitative estimate of drug-likeness (QED) is 0.356. The highest BCUT2D eigenvalue weighted by Crippen LogP contribution is 2.36. The monoisotopic (exact) mass is 323 g/mol. The van der Waals surface area contributed by atoms with Crippen LogP contribution in [-0.2, 0) is 0 Å². The molecule has 2 aromatic heterocycles. The first-order chi connectivity index (χ1) is 12.2. The van der Waals surface area contributed by atoms with E-state index in [4.69, 9.17) is 4.42 Å². The number of benzene rings is 3. The van der Waals surface area contributed by atoms with Crippen LogP contribution in [0, 0.1) is 13.8 Å². The second-order valence-electron chi connectivity index (χ2n) is 6.67. The van der Waals surface area contributed by atoms with Crippen LogP contribution >= 0.6 is 0 Å². The van der Waals surface area contributed by atoms with Crippen molar-refractivity contribution in [1.29, 1.82) is 0 Å². The third-order valence-corrected chi connectivity index (χ3v) is 4.78. The molecule has 0 spiro atoms. The van der Waals surface area contributed by atoms with Crippen LogP contribution in [0.2, 0.25) is 0 Å². The van der Waals surface area contributed by atoms with E-state index in [1.54, 1.807) is 0 Å². The molecule has 0 unspecified atom stereocenters. The summed E-state index contributed by atoms with van der Waals surface area (Å²) in [7, 11) is 0. The number of aromatic nitrogens is 1. The van der Waals surface area contributed by atoms with Crippen molar-refractivity contribution >= 4 is 32.7 Å². The maximum absolute atomic E-state index is 6.18. The number of fused-ring (bicyclic) bond motifs is 5. The lowest BCUT2D eigenvalue weighted by Gasteiger charge is -2.08. The zero-order chi connectivity index (χ0) is 17.0. The molecule has 0 aliphatic rings. The van der Waals surface area contributed by atoms with Crippen molar-refractivity contribution < 1.29 is 4.42 Å². The molecular weight excluding hydrogens is 306 g/mol. The predicted molar refractivity (Wildman–Crippen MR) is 104 cm³/mol. The van der Waals surface area contributed by atoms with E-state index >= 15 is 0 Å². The van der Waals surface area contributed by atoms with Gasteiger partial charge in [-0.1, -0.05) is 41.5 Å². The van der Waals surface area contributed by atoms with Crippen LogP contribution in [0.25, 0.3) is 44.0 Å². The molecule has 0 saturated carbocycles. The Balaban J connectivity index is 1.88. The Morgan fingerprint density at radius 3 is 2.28 bits per heavy atom. The SMILES string of the molecule is Cc1cc(C)cc(-c2nccc3c2ccc2c4ccccc4oc32)c1. The molecule has 0 fully saturated rings. The second-order valence-corrected chi connectivity index (χ2v) is 6.67. The average Bonchev–Trinajstić information content (AvgIpc) is 2.99. The number of aryl methyl sites for hydroxylation is 2. The van der Waals surface area contributed by atoms with Gasteiger partial charge in [-0.2, -0.15) is 0 Å². The molecular formula is C23H17NO. The summed E-state index contributed by atoms with van der Waals surface area (Å²) in [5.74, 6) is 0. The molecule has 0 saturated heterocycles. The van der Waals surface area contributed by atoms with E-state index in [0.29, 0.717) is 0 Å². The van der Waals surface area contributed by atoms with Gasteiger partial charge in [-0.25, -0.2) is 0 Å². The molecule has 5 aromatic rings. The van der Waals surface area contributed by atoms with E-state index in [1.807, 2.05) is 24.4 Å². The van der Waals surface area contributed by atoms with Crippen LogP contribution in [0.3, 0.4) is 0 Å². The summed E-state index contributed by atoms with van der Waals surface area (Å²) in [5.41, 5.74) is 6.52. The number of pyridine rings is 1. The number of para-hydroxylation sites is 1. The number of hydrogen-bond donors (Lipinski definition) is 0. The molecule has 2 nitrogen and oxygen atoms in total. The van der Waals surface area contributed by atoms with Crippen molar-refractivity contribution in [2.45, 2.75) is 13.8 Å². The molecule has 2 heteroatoms. The highest BCUT2D eigenvalue weighted by atomic mass is 16.3. The van der Waals surface area contributed by atoms with E-state index in [1.165, 1.54) is 11.1 Å². The topological polar surface area (TPSA) is 26.0 Å². The lowest BCUT2D eigenvalue weighted by molar-refractivity contribution is 0.672. The average molecular weight is 323 g/mol. The zero-order valence-electron chi connectivity index (χ0n) is 14.2. The third kappa shape index (κ3) is 2.14. The van der Waals surface area contributed by atoms with E-state index in [-0.39, 0.29) is 0 Å². The van der Waals surface area contributed by atoms with Crippen molar-refractivity contribution in [1.82, 2.24) is 4.98 Å². The number of nitrogens with zero attached hydrogens (tertiary/aromatic N) is 1. The van der Waals surface area contributed by atoms with Gasteiger partial charge in [0.15, 0.2) is 0 Å². The van der Waals surface area contributed by atoms with Gasteiger partial charge in [0.2, 0.25) is 0 Å². The molecule has 0 radical (unpaired) electrons. The Morgan fingerprint density at radius 2 is 1.44 bits per heavy atom. The van der Waals surface area contributed by atoms with Crippen molar-refractivity contribution in [2.24, 2.45) is 0 Å². The molecule has 25 heavy (non-hydrogen) atoms. The minimum absolute atomic E-state index is 0.926. The molecule has 0 aliphatic carbocycles. The first-order valence-electron chi connectivity index (χ1n) is 8.48. The normalized spacial score (nSPS) is 11.6. The van der Waals surface area contributed by atoms with Crippen LogP contribution in [0.15, 0.2) is 71.3 Å². The molecule has 3 aromatic carbocycles. The Morgan fingerprint density at radius 1 is 0.720 bits per heavy atom. The molecule has 120 valence electrons. The molecule has 0 amide bonds. The highest BCUT2D eigenvalue weighted by molar-refractivity contribution is 6.16. The van der Waals surface area contributed by atoms with Gasteiger partial charge in [0.05, 0.1) is 5.69 Å². The summed E-state index contributed by atoms with van der Waals surface area (Å²) >= 11 is 0. The molecule has 0 N–H and O–H groups in total. The zero-order valence-corrected chi connectivity index (χ0v) is 14.2. The van der Waals surface area contributed by atoms with Gasteiger partial charge < -0.3 is 4.42 Å². The number of hydrogen-bond acceptors (Lipinski definition) is 2. The molecule has 0 bridgehead atoms. The third-order valence-electron chi connectivity index (χ3n) is 4.78. The summed E-state index contributed by atoms with van der Waals surface area (Å²) < 4.78 is 6.18. The van der Waals surface area contributed by atoms with Crippen molar-refractivity contribution in [3.63, 3.8) is 0 Å². The second kappa shape index (κ2) is 5.18. The largest absolute Gasteiger partial charge is 0.455 e.